The largest absolute Gasteiger partial charge is 0.546 e. The smallest absolute Gasteiger partial charge is 0.264 e. The summed E-state index contributed by atoms with van der Waals surface area (Å²) < 4.78 is 10.4. The second-order valence-electron chi connectivity index (χ2n) is 6.07. The number of hydrogen-bond donors (Lipinski definition) is 1. The Morgan fingerprint density at radius 2 is 1.97 bits per heavy atom. The Labute approximate surface area is 172 Å². The minimum absolute atomic E-state index is 0.241. The number of carbonyl (C=O) groups is 2. The molecule has 0 atom stereocenters. The zero-order valence-electron chi connectivity index (χ0n) is 15.9. The lowest BCUT2D eigenvalue weighted by molar-refractivity contribution is -0.307. The molecule has 0 bridgehead atoms. The fraction of sp³-hybridized carbons (Fsp3) is 0.190. The van der Waals surface area contributed by atoms with E-state index in [0.29, 0.717) is 21.4 Å². The number of hydrogen-bond acceptors (Lipinski definition) is 7. The molecule has 7 nitrogen and oxygen atoms in total. The number of carboxylic acids is 1. The molecule has 1 heterocycles. The zero-order chi connectivity index (χ0) is 20.8. The number of ether oxygens (including phenoxy) is 2. The molecule has 0 radical (unpaired) electrons. The number of benzene rings is 2. The molecule has 1 amide bonds. The number of carboxylic acid groups (broad SMARTS) is 1. The third-order valence-corrected chi connectivity index (χ3v) is 4.97. The molecule has 0 spiro atoms. The van der Waals surface area contributed by atoms with Crippen molar-refractivity contribution in [2.45, 2.75) is 13.3 Å². The molecular formula is C21H19N2O5S-. The van der Waals surface area contributed by atoms with Crippen LogP contribution in [0, 0.1) is 0 Å². The average Bonchev–Trinajstić information content (AvgIpc) is 3.06. The number of aryl methyl sites for hydroxylation is 1. The van der Waals surface area contributed by atoms with Gasteiger partial charge in [0.05, 0.1) is 23.7 Å². The van der Waals surface area contributed by atoms with Gasteiger partial charge in [0.15, 0.2) is 16.7 Å². The lowest BCUT2D eigenvalue weighted by Gasteiger charge is -2.11. The number of amidine groups is 1. The Morgan fingerprint density at radius 3 is 2.62 bits per heavy atom. The molecule has 2 aromatic carbocycles. The second kappa shape index (κ2) is 9.29. The first kappa shape index (κ1) is 20.5. The number of aliphatic imine (C=N–C) groups is 1. The molecule has 0 aliphatic carbocycles. The summed E-state index contributed by atoms with van der Waals surface area (Å²) in [5.41, 5.74) is 2.69. The van der Waals surface area contributed by atoms with E-state index in [0.717, 1.165) is 12.1 Å². The van der Waals surface area contributed by atoms with Gasteiger partial charge < -0.3 is 24.7 Å². The number of rotatable bonds is 7. The first-order valence-corrected chi connectivity index (χ1v) is 9.69. The number of nitrogens with one attached hydrogen (secondary N) is 1. The van der Waals surface area contributed by atoms with Crippen LogP contribution in [0.4, 0.5) is 5.69 Å². The van der Waals surface area contributed by atoms with Crippen molar-refractivity contribution in [2.75, 3.05) is 13.7 Å². The summed E-state index contributed by atoms with van der Waals surface area (Å²) in [5, 5.41) is 13.8. The minimum atomic E-state index is -1.33. The van der Waals surface area contributed by atoms with Crippen molar-refractivity contribution in [3.05, 3.63) is 58.5 Å². The number of nitrogens with zero attached hydrogens (tertiary/aromatic N) is 1. The minimum Gasteiger partial charge on any atom is -0.546 e. The normalized spacial score (nSPS) is 16.1. The van der Waals surface area contributed by atoms with E-state index in [1.807, 2.05) is 24.3 Å². The van der Waals surface area contributed by atoms with E-state index in [9.17, 15) is 14.7 Å². The predicted molar refractivity (Wildman–Crippen MR) is 110 cm³/mol. The van der Waals surface area contributed by atoms with Crippen LogP contribution in [0.3, 0.4) is 0 Å². The molecule has 0 saturated carbocycles. The Morgan fingerprint density at radius 1 is 1.21 bits per heavy atom. The van der Waals surface area contributed by atoms with Gasteiger partial charge in [-0.15, -0.1) is 0 Å². The highest BCUT2D eigenvalue weighted by Gasteiger charge is 2.24. The highest BCUT2D eigenvalue weighted by molar-refractivity contribution is 8.18. The molecule has 1 aliphatic rings. The maximum Gasteiger partial charge on any atom is 0.264 e. The van der Waals surface area contributed by atoms with Crippen LogP contribution in [0.1, 0.15) is 18.1 Å². The molecular weight excluding hydrogens is 392 g/mol. The quantitative estimate of drug-likeness (QED) is 0.702. The van der Waals surface area contributed by atoms with Crippen molar-refractivity contribution in [1.29, 1.82) is 0 Å². The molecule has 3 rings (SSSR count). The maximum absolute atomic E-state index is 12.3. The number of methoxy groups -OCH3 is 1. The summed E-state index contributed by atoms with van der Waals surface area (Å²) in [6.45, 7) is 1.51. The second-order valence-corrected chi connectivity index (χ2v) is 7.10. The van der Waals surface area contributed by atoms with E-state index < -0.39 is 12.6 Å². The number of carbonyl (C=O) groups excluding carboxylic acids is 2. The lowest BCUT2D eigenvalue weighted by atomic mass is 10.2. The Hall–Kier alpha value is -3.26. The van der Waals surface area contributed by atoms with Gasteiger partial charge in [-0.05, 0) is 59.7 Å². The average molecular weight is 411 g/mol. The fourth-order valence-electron chi connectivity index (χ4n) is 2.59. The van der Waals surface area contributed by atoms with Crippen LogP contribution in [-0.2, 0) is 16.0 Å². The number of aliphatic carboxylic acids is 1. The molecule has 8 heteroatoms. The van der Waals surface area contributed by atoms with Gasteiger partial charge in [0, 0.05) is 0 Å². The number of amides is 1. The van der Waals surface area contributed by atoms with Gasteiger partial charge in [0.1, 0.15) is 6.61 Å². The van der Waals surface area contributed by atoms with Crippen LogP contribution >= 0.6 is 11.8 Å². The lowest BCUT2D eigenvalue weighted by Crippen LogP contribution is -2.29. The van der Waals surface area contributed by atoms with E-state index in [-0.39, 0.29) is 11.7 Å². The molecule has 0 unspecified atom stereocenters. The number of thioether (sulfide) groups is 1. The first-order chi connectivity index (χ1) is 14.0. The van der Waals surface area contributed by atoms with Crippen molar-refractivity contribution >= 4 is 40.6 Å². The molecule has 2 aromatic rings. The van der Waals surface area contributed by atoms with Crippen molar-refractivity contribution < 1.29 is 24.2 Å². The van der Waals surface area contributed by atoms with E-state index in [1.165, 1.54) is 24.4 Å². The summed E-state index contributed by atoms with van der Waals surface area (Å²) in [6.07, 6.45) is 2.66. The Bertz CT molecular complexity index is 983. The summed E-state index contributed by atoms with van der Waals surface area (Å²) >= 11 is 1.24. The zero-order valence-corrected chi connectivity index (χ0v) is 16.7. The SMILES string of the molecule is CCc1ccc(N=C2NC(=O)/C(=C/c3ccc(OCC(=O)[O-])c(OC)c3)S2)cc1. The maximum atomic E-state index is 12.3. The first-order valence-electron chi connectivity index (χ1n) is 8.87. The van der Waals surface area contributed by atoms with E-state index in [2.05, 4.69) is 17.2 Å². The van der Waals surface area contributed by atoms with Gasteiger partial charge in [0.2, 0.25) is 0 Å². The standard InChI is InChI=1S/C21H20N2O5S/c1-3-13-4-7-15(8-5-13)22-21-23-20(26)18(29-21)11-14-6-9-16(17(10-14)27-2)28-12-19(24)25/h4-11H,3,12H2,1-2H3,(H,24,25)(H,22,23,26)/p-1/b18-11-. The van der Waals surface area contributed by atoms with Gasteiger partial charge in [-0.2, -0.15) is 0 Å². The topological polar surface area (TPSA) is 100 Å². The molecule has 1 aliphatic heterocycles. The molecule has 1 saturated heterocycles. The van der Waals surface area contributed by atoms with Crippen LogP contribution in [0.15, 0.2) is 52.4 Å². The summed E-state index contributed by atoms with van der Waals surface area (Å²) in [6, 6.07) is 12.8. The van der Waals surface area contributed by atoms with Gasteiger partial charge in [-0.1, -0.05) is 25.1 Å². The Balaban J connectivity index is 1.76. The van der Waals surface area contributed by atoms with Crippen LogP contribution in [0.25, 0.3) is 6.08 Å². The van der Waals surface area contributed by atoms with Crippen LogP contribution in [0.5, 0.6) is 11.5 Å². The summed E-state index contributed by atoms with van der Waals surface area (Å²) in [7, 11) is 1.45. The third-order valence-electron chi connectivity index (χ3n) is 4.06. The molecule has 29 heavy (non-hydrogen) atoms. The van der Waals surface area contributed by atoms with Crippen molar-refractivity contribution in [3.63, 3.8) is 0 Å². The van der Waals surface area contributed by atoms with E-state index >= 15 is 0 Å². The third kappa shape index (κ3) is 5.39. The van der Waals surface area contributed by atoms with Gasteiger partial charge in [-0.3, -0.25) is 4.79 Å². The van der Waals surface area contributed by atoms with Crippen molar-refractivity contribution in [3.8, 4) is 11.5 Å². The fourth-order valence-corrected chi connectivity index (χ4v) is 3.43. The molecule has 150 valence electrons. The molecule has 1 N–H and O–H groups in total. The van der Waals surface area contributed by atoms with E-state index in [1.54, 1.807) is 24.3 Å². The predicted octanol–water partition coefficient (Wildman–Crippen LogP) is 2.28. The van der Waals surface area contributed by atoms with Gasteiger partial charge in [0.25, 0.3) is 5.91 Å². The Kier molecular flexibility index (Phi) is 6.56. The highest BCUT2D eigenvalue weighted by atomic mass is 32.2. The van der Waals surface area contributed by atoms with Crippen LogP contribution < -0.4 is 19.9 Å². The van der Waals surface area contributed by atoms with Crippen LogP contribution in [-0.4, -0.2) is 30.8 Å². The van der Waals surface area contributed by atoms with Crippen molar-refractivity contribution in [1.82, 2.24) is 5.32 Å². The molecule has 0 aromatic heterocycles. The van der Waals surface area contributed by atoms with Gasteiger partial charge >= 0.3 is 0 Å². The summed E-state index contributed by atoms with van der Waals surface area (Å²) in [5.74, 6) is -0.933. The molecule has 1 fully saturated rings. The summed E-state index contributed by atoms with van der Waals surface area (Å²) in [4.78, 5) is 27.8. The highest BCUT2D eigenvalue weighted by Crippen LogP contribution is 2.32. The van der Waals surface area contributed by atoms with E-state index in [4.69, 9.17) is 9.47 Å². The van der Waals surface area contributed by atoms with Crippen LogP contribution in [0.2, 0.25) is 0 Å². The van der Waals surface area contributed by atoms with Crippen molar-refractivity contribution in [2.24, 2.45) is 4.99 Å². The monoisotopic (exact) mass is 411 g/mol. The van der Waals surface area contributed by atoms with Gasteiger partial charge in [-0.25, -0.2) is 4.99 Å².